The summed E-state index contributed by atoms with van der Waals surface area (Å²) in [7, 11) is 0. The van der Waals surface area contributed by atoms with Crippen molar-refractivity contribution in [2.24, 2.45) is 5.92 Å². The van der Waals surface area contributed by atoms with E-state index in [4.69, 9.17) is 14.2 Å². The molecule has 3 aromatic carbocycles. The highest BCUT2D eigenvalue weighted by Gasteiger charge is 2.39. The Balaban J connectivity index is 1.16. The molecule has 0 spiro atoms. The molecule has 208 valence electrons. The number of alkyl carbamates (subject to hydrolysis) is 1. The van der Waals surface area contributed by atoms with E-state index in [1.54, 1.807) is 6.92 Å². The molecule has 40 heavy (non-hydrogen) atoms. The van der Waals surface area contributed by atoms with Crippen molar-refractivity contribution >= 4 is 18.0 Å². The molecule has 1 heterocycles. The average molecular weight is 545 g/mol. The summed E-state index contributed by atoms with van der Waals surface area (Å²) in [5.41, 5.74) is 5.34. The first-order valence-electron chi connectivity index (χ1n) is 13.3. The van der Waals surface area contributed by atoms with Crippen LogP contribution in [0.4, 0.5) is 4.79 Å². The van der Waals surface area contributed by atoms with Crippen LogP contribution in [0.2, 0.25) is 0 Å². The molecule has 0 saturated carbocycles. The van der Waals surface area contributed by atoms with Crippen LogP contribution in [-0.4, -0.2) is 61.1 Å². The summed E-state index contributed by atoms with van der Waals surface area (Å²) >= 11 is 0. The molecule has 1 aliphatic carbocycles. The highest BCUT2D eigenvalue weighted by atomic mass is 16.5. The fourth-order valence-electron chi connectivity index (χ4n) is 5.28. The number of rotatable bonds is 10. The Bertz CT molecular complexity index is 1320. The molecule has 4 atom stereocenters. The van der Waals surface area contributed by atoms with E-state index in [0.29, 0.717) is 0 Å². The quantitative estimate of drug-likeness (QED) is 0.356. The fourth-order valence-corrected chi connectivity index (χ4v) is 5.28. The predicted molar refractivity (Wildman–Crippen MR) is 147 cm³/mol. The van der Waals surface area contributed by atoms with Gasteiger partial charge >= 0.3 is 12.1 Å². The average Bonchev–Trinajstić information content (AvgIpc) is 3.56. The molecule has 0 aromatic heterocycles. The number of fused-ring (bicyclic) bond motifs is 3. The van der Waals surface area contributed by atoms with E-state index in [1.807, 2.05) is 66.7 Å². The maximum atomic E-state index is 13.1. The summed E-state index contributed by atoms with van der Waals surface area (Å²) in [6.07, 6.45) is -1.46. The van der Waals surface area contributed by atoms with Crippen molar-refractivity contribution in [3.8, 4) is 11.1 Å². The normalized spacial score (nSPS) is 19.2. The summed E-state index contributed by atoms with van der Waals surface area (Å²) in [5, 5.41) is 15.0. The van der Waals surface area contributed by atoms with Crippen LogP contribution >= 0.6 is 0 Å². The monoisotopic (exact) mass is 544 g/mol. The number of ether oxygens (including phenoxy) is 3. The number of hydrogen-bond donors (Lipinski definition) is 3. The van der Waals surface area contributed by atoms with Gasteiger partial charge in [0.2, 0.25) is 5.91 Å². The zero-order valence-electron chi connectivity index (χ0n) is 22.1. The highest BCUT2D eigenvalue weighted by molar-refractivity contribution is 5.86. The third kappa shape index (κ3) is 6.00. The minimum atomic E-state index is -1.27. The second-order valence-electron chi connectivity index (χ2n) is 10.0. The number of carbonyl (C=O) groups excluding carboxylic acids is 2. The van der Waals surface area contributed by atoms with Crippen LogP contribution < -0.4 is 10.6 Å². The molecule has 5 rings (SSSR count). The minimum Gasteiger partial charge on any atom is -0.480 e. The first-order valence-corrected chi connectivity index (χ1v) is 13.3. The summed E-state index contributed by atoms with van der Waals surface area (Å²) in [5.74, 6) is -2.62. The van der Waals surface area contributed by atoms with Crippen molar-refractivity contribution in [2.75, 3.05) is 19.8 Å². The van der Waals surface area contributed by atoms with Crippen LogP contribution in [0.3, 0.4) is 0 Å². The van der Waals surface area contributed by atoms with E-state index in [0.717, 1.165) is 27.8 Å². The third-order valence-corrected chi connectivity index (χ3v) is 7.45. The molecule has 1 fully saturated rings. The lowest BCUT2D eigenvalue weighted by molar-refractivity contribution is -0.147. The largest absolute Gasteiger partial charge is 0.480 e. The fraction of sp³-hybridized carbons (Fsp3) is 0.323. The summed E-state index contributed by atoms with van der Waals surface area (Å²) < 4.78 is 16.8. The van der Waals surface area contributed by atoms with Gasteiger partial charge in [0.15, 0.2) is 6.04 Å². The van der Waals surface area contributed by atoms with Gasteiger partial charge in [0.25, 0.3) is 0 Å². The van der Waals surface area contributed by atoms with Crippen molar-refractivity contribution in [1.29, 1.82) is 0 Å². The Hall–Kier alpha value is -4.21. The van der Waals surface area contributed by atoms with Gasteiger partial charge in [0.05, 0.1) is 37.9 Å². The molecule has 0 bridgehead atoms. The Morgan fingerprint density at radius 3 is 2.20 bits per heavy atom. The number of carboxylic acids is 1. The zero-order chi connectivity index (χ0) is 28.1. The van der Waals surface area contributed by atoms with E-state index < -0.39 is 42.1 Å². The summed E-state index contributed by atoms with van der Waals surface area (Å²) in [6.45, 7) is 2.10. The Kier molecular flexibility index (Phi) is 8.42. The smallest absolute Gasteiger partial charge is 0.407 e. The number of benzene rings is 3. The van der Waals surface area contributed by atoms with E-state index >= 15 is 0 Å². The van der Waals surface area contributed by atoms with Crippen molar-refractivity contribution < 1.29 is 33.7 Å². The number of hydrogen-bond acceptors (Lipinski definition) is 6. The van der Waals surface area contributed by atoms with Crippen LogP contribution in [0, 0.1) is 5.92 Å². The van der Waals surface area contributed by atoms with Crippen LogP contribution in [0.5, 0.6) is 0 Å². The molecule has 4 unspecified atom stereocenters. The van der Waals surface area contributed by atoms with Gasteiger partial charge in [-0.2, -0.15) is 0 Å². The molecule has 3 N–H and O–H groups in total. The van der Waals surface area contributed by atoms with Gasteiger partial charge < -0.3 is 30.0 Å². The number of nitrogens with one attached hydrogen (secondary N) is 2. The van der Waals surface area contributed by atoms with Crippen molar-refractivity contribution in [3.63, 3.8) is 0 Å². The second kappa shape index (κ2) is 12.3. The highest BCUT2D eigenvalue weighted by Crippen LogP contribution is 2.44. The first-order chi connectivity index (χ1) is 19.4. The van der Waals surface area contributed by atoms with Crippen LogP contribution in [0.15, 0.2) is 78.9 Å². The van der Waals surface area contributed by atoms with Crippen molar-refractivity contribution in [2.45, 2.75) is 37.6 Å². The molecular formula is C31H32N2O7. The van der Waals surface area contributed by atoms with Gasteiger partial charge in [0.1, 0.15) is 6.61 Å². The standard InChI is InChI=1S/C31H32N2O7/c1-19(39-15-20-9-3-2-4-10-20)28(30(35)36)33-29(34)26-16-38-18-27(26)32-31(37)40-17-25-23-13-7-5-11-21(23)22-12-6-8-14-24(22)25/h2-14,19,25-28H,15-18H2,1H3,(H,32,37)(H,33,34)(H,35,36). The molecule has 9 heteroatoms. The molecule has 1 aliphatic heterocycles. The number of aliphatic carboxylic acids is 1. The van der Waals surface area contributed by atoms with Crippen LogP contribution in [0.25, 0.3) is 11.1 Å². The number of carbonyl (C=O) groups is 3. The molecule has 9 nitrogen and oxygen atoms in total. The molecule has 1 saturated heterocycles. The minimum absolute atomic E-state index is 0.0474. The van der Waals surface area contributed by atoms with Gasteiger partial charge in [0, 0.05) is 5.92 Å². The number of amides is 2. The maximum absolute atomic E-state index is 13.1. The van der Waals surface area contributed by atoms with Crippen molar-refractivity contribution in [3.05, 3.63) is 95.6 Å². The van der Waals surface area contributed by atoms with E-state index in [2.05, 4.69) is 22.8 Å². The van der Waals surface area contributed by atoms with Crippen molar-refractivity contribution in [1.82, 2.24) is 10.6 Å². The van der Waals surface area contributed by atoms with Gasteiger partial charge in [-0.3, -0.25) is 4.79 Å². The summed E-state index contributed by atoms with van der Waals surface area (Å²) in [6, 6.07) is 23.5. The summed E-state index contributed by atoms with van der Waals surface area (Å²) in [4.78, 5) is 37.8. The predicted octanol–water partition coefficient (Wildman–Crippen LogP) is 3.71. The molecule has 2 aliphatic rings. The Labute approximate surface area is 232 Å². The SMILES string of the molecule is CC(OCc1ccccc1)C(NC(=O)C1COCC1NC(=O)OCC1c2ccccc2-c2ccccc21)C(=O)O. The maximum Gasteiger partial charge on any atom is 0.407 e. The van der Waals surface area contributed by atoms with Gasteiger partial charge in [-0.1, -0.05) is 78.9 Å². The van der Waals surface area contributed by atoms with Gasteiger partial charge in [-0.05, 0) is 34.7 Å². The lowest BCUT2D eigenvalue weighted by atomic mass is 9.98. The van der Waals surface area contributed by atoms with Crippen LogP contribution in [0.1, 0.15) is 29.5 Å². The molecule has 2 amide bonds. The topological polar surface area (TPSA) is 123 Å². The van der Waals surface area contributed by atoms with Crippen LogP contribution in [-0.2, 0) is 30.4 Å². The first kappa shape index (κ1) is 27.4. The zero-order valence-corrected chi connectivity index (χ0v) is 22.1. The number of carboxylic acid groups (broad SMARTS) is 1. The Morgan fingerprint density at radius 2 is 1.55 bits per heavy atom. The Morgan fingerprint density at radius 1 is 0.925 bits per heavy atom. The van der Waals surface area contributed by atoms with Gasteiger partial charge in [-0.15, -0.1) is 0 Å². The van der Waals surface area contributed by atoms with Gasteiger partial charge in [-0.25, -0.2) is 9.59 Å². The molecule has 0 radical (unpaired) electrons. The van der Waals surface area contributed by atoms with E-state index in [9.17, 15) is 19.5 Å². The lowest BCUT2D eigenvalue weighted by Gasteiger charge is -2.25. The molecule has 3 aromatic rings. The molecular weight excluding hydrogens is 512 g/mol. The lowest BCUT2D eigenvalue weighted by Crippen LogP contribution is -2.53. The van der Waals surface area contributed by atoms with E-state index in [1.165, 1.54) is 0 Å². The second-order valence-corrected chi connectivity index (χ2v) is 10.0. The third-order valence-electron chi connectivity index (χ3n) is 7.45. The van der Waals surface area contributed by atoms with E-state index in [-0.39, 0.29) is 32.3 Å².